The van der Waals surface area contributed by atoms with E-state index in [0.717, 1.165) is 13.1 Å². The van der Waals surface area contributed by atoms with Gasteiger partial charge in [0.2, 0.25) is 0 Å². The number of rotatable bonds is 3. The Morgan fingerprint density at radius 1 is 1.27 bits per heavy atom. The maximum Gasteiger partial charge on any atom is 0.0482 e. The van der Waals surface area contributed by atoms with E-state index >= 15 is 0 Å². The van der Waals surface area contributed by atoms with Gasteiger partial charge in [-0.05, 0) is 44.7 Å². The van der Waals surface area contributed by atoms with Crippen LogP contribution < -0.4 is 5.32 Å². The average Bonchev–Trinajstić information content (AvgIpc) is 2.53. The highest BCUT2D eigenvalue weighted by molar-refractivity contribution is 5.82. The summed E-state index contributed by atoms with van der Waals surface area (Å²) in [6.07, 6.45) is 0. The molecule has 80 valence electrons. The van der Waals surface area contributed by atoms with Crippen LogP contribution in [-0.4, -0.2) is 11.6 Å². The van der Waals surface area contributed by atoms with E-state index in [4.69, 9.17) is 0 Å². The molecule has 2 nitrogen and oxygen atoms in total. The second-order valence-corrected chi connectivity index (χ2v) is 3.95. The van der Waals surface area contributed by atoms with Crippen molar-refractivity contribution in [3.8, 4) is 0 Å². The first kappa shape index (κ1) is 10.2. The van der Waals surface area contributed by atoms with Crippen LogP contribution in [0.3, 0.4) is 0 Å². The summed E-state index contributed by atoms with van der Waals surface area (Å²) in [5, 5.41) is 4.53. The first-order valence-electron chi connectivity index (χ1n) is 5.49. The van der Waals surface area contributed by atoms with Gasteiger partial charge in [-0.1, -0.05) is 6.07 Å². The highest BCUT2D eigenvalue weighted by Gasteiger charge is 2.04. The standard InChI is InChI=1S/C13H18N2/c1-4-15-10(2)7-12-8-11(9-14-3)5-6-13(12)15/h5-8,14H,4,9H2,1-3H3. The van der Waals surface area contributed by atoms with E-state index in [1.54, 1.807) is 0 Å². The van der Waals surface area contributed by atoms with Crippen molar-refractivity contribution in [1.82, 2.24) is 9.88 Å². The normalized spacial score (nSPS) is 11.1. The SMILES string of the molecule is CCn1c(C)cc2cc(CNC)ccc21. The van der Waals surface area contributed by atoms with Crippen molar-refractivity contribution < 1.29 is 0 Å². The van der Waals surface area contributed by atoms with E-state index < -0.39 is 0 Å². The molecule has 1 N–H and O–H groups in total. The summed E-state index contributed by atoms with van der Waals surface area (Å²) in [4.78, 5) is 0. The Morgan fingerprint density at radius 2 is 2.07 bits per heavy atom. The second-order valence-electron chi connectivity index (χ2n) is 3.95. The lowest BCUT2D eigenvalue weighted by Crippen LogP contribution is -2.04. The molecule has 0 aliphatic rings. The van der Waals surface area contributed by atoms with Gasteiger partial charge in [0.25, 0.3) is 0 Å². The maximum absolute atomic E-state index is 3.18. The van der Waals surface area contributed by atoms with Crippen molar-refractivity contribution in [3.63, 3.8) is 0 Å². The Balaban J connectivity index is 2.54. The number of aryl methyl sites for hydroxylation is 2. The monoisotopic (exact) mass is 202 g/mol. The maximum atomic E-state index is 3.18. The van der Waals surface area contributed by atoms with Crippen molar-refractivity contribution in [3.05, 3.63) is 35.5 Å². The van der Waals surface area contributed by atoms with E-state index in [1.807, 2.05) is 7.05 Å². The summed E-state index contributed by atoms with van der Waals surface area (Å²) < 4.78 is 2.35. The van der Waals surface area contributed by atoms with Gasteiger partial charge in [-0.2, -0.15) is 0 Å². The Morgan fingerprint density at radius 3 is 2.73 bits per heavy atom. The molecule has 2 rings (SSSR count). The largest absolute Gasteiger partial charge is 0.345 e. The highest BCUT2D eigenvalue weighted by Crippen LogP contribution is 2.20. The van der Waals surface area contributed by atoms with Gasteiger partial charge in [-0.25, -0.2) is 0 Å². The third kappa shape index (κ3) is 1.77. The van der Waals surface area contributed by atoms with Crippen LogP contribution in [0.15, 0.2) is 24.3 Å². The van der Waals surface area contributed by atoms with Gasteiger partial charge >= 0.3 is 0 Å². The summed E-state index contributed by atoms with van der Waals surface area (Å²) in [6.45, 7) is 6.34. The lowest BCUT2D eigenvalue weighted by molar-refractivity contribution is 0.769. The summed E-state index contributed by atoms with van der Waals surface area (Å²) in [5.74, 6) is 0. The predicted molar refractivity (Wildman–Crippen MR) is 65.1 cm³/mol. The number of nitrogens with zero attached hydrogens (tertiary/aromatic N) is 1. The molecule has 0 amide bonds. The van der Waals surface area contributed by atoms with Crippen LogP contribution in [0, 0.1) is 6.92 Å². The highest BCUT2D eigenvalue weighted by atomic mass is 15.0. The van der Waals surface area contributed by atoms with Crippen LogP contribution in [-0.2, 0) is 13.1 Å². The molecule has 0 saturated heterocycles. The van der Waals surface area contributed by atoms with Crippen molar-refractivity contribution in [2.75, 3.05) is 7.05 Å². The van der Waals surface area contributed by atoms with Crippen molar-refractivity contribution in [2.45, 2.75) is 26.9 Å². The van der Waals surface area contributed by atoms with Gasteiger partial charge in [0.1, 0.15) is 0 Å². The summed E-state index contributed by atoms with van der Waals surface area (Å²) in [6, 6.07) is 8.95. The van der Waals surface area contributed by atoms with Crippen molar-refractivity contribution >= 4 is 10.9 Å². The Bertz CT molecular complexity index is 469. The van der Waals surface area contributed by atoms with E-state index in [9.17, 15) is 0 Å². The third-order valence-electron chi connectivity index (χ3n) is 2.87. The molecule has 0 aliphatic heterocycles. The smallest absolute Gasteiger partial charge is 0.0482 e. The van der Waals surface area contributed by atoms with E-state index in [1.165, 1.54) is 22.2 Å². The fourth-order valence-corrected chi connectivity index (χ4v) is 2.19. The van der Waals surface area contributed by atoms with Crippen LogP contribution in [0.25, 0.3) is 10.9 Å². The minimum Gasteiger partial charge on any atom is -0.345 e. The molecule has 0 unspecified atom stereocenters. The van der Waals surface area contributed by atoms with Gasteiger partial charge in [0.15, 0.2) is 0 Å². The molecule has 0 bridgehead atoms. The lowest BCUT2D eigenvalue weighted by Gasteiger charge is -2.04. The van der Waals surface area contributed by atoms with Gasteiger partial charge in [0.05, 0.1) is 0 Å². The van der Waals surface area contributed by atoms with E-state index in [0.29, 0.717) is 0 Å². The molecule has 2 aromatic rings. The molecular formula is C13H18N2. The topological polar surface area (TPSA) is 17.0 Å². The van der Waals surface area contributed by atoms with Crippen LogP contribution in [0.5, 0.6) is 0 Å². The number of nitrogens with one attached hydrogen (secondary N) is 1. The first-order valence-corrected chi connectivity index (χ1v) is 5.49. The van der Waals surface area contributed by atoms with Gasteiger partial charge in [-0.3, -0.25) is 0 Å². The first-order chi connectivity index (χ1) is 7.26. The zero-order valence-corrected chi connectivity index (χ0v) is 9.67. The molecule has 1 heterocycles. The number of hydrogen-bond acceptors (Lipinski definition) is 1. The van der Waals surface area contributed by atoms with Crippen LogP contribution >= 0.6 is 0 Å². The number of benzene rings is 1. The van der Waals surface area contributed by atoms with Crippen LogP contribution in [0.4, 0.5) is 0 Å². The molecule has 0 aliphatic carbocycles. The fraction of sp³-hybridized carbons (Fsp3) is 0.385. The second kappa shape index (κ2) is 4.07. The zero-order chi connectivity index (χ0) is 10.8. The van der Waals surface area contributed by atoms with Crippen LogP contribution in [0.1, 0.15) is 18.2 Å². The third-order valence-corrected chi connectivity index (χ3v) is 2.87. The molecule has 0 spiro atoms. The van der Waals surface area contributed by atoms with Crippen LogP contribution in [0.2, 0.25) is 0 Å². The molecule has 15 heavy (non-hydrogen) atoms. The van der Waals surface area contributed by atoms with Crippen molar-refractivity contribution in [1.29, 1.82) is 0 Å². The fourth-order valence-electron chi connectivity index (χ4n) is 2.19. The van der Waals surface area contributed by atoms with Gasteiger partial charge < -0.3 is 9.88 Å². The zero-order valence-electron chi connectivity index (χ0n) is 9.67. The molecular weight excluding hydrogens is 184 g/mol. The number of aromatic nitrogens is 1. The minimum atomic E-state index is 0.937. The molecule has 0 saturated carbocycles. The van der Waals surface area contributed by atoms with Gasteiger partial charge in [0, 0.05) is 29.7 Å². The lowest BCUT2D eigenvalue weighted by atomic mass is 10.1. The minimum absolute atomic E-state index is 0.937. The molecule has 0 radical (unpaired) electrons. The molecule has 2 heteroatoms. The number of hydrogen-bond donors (Lipinski definition) is 1. The molecule has 1 aromatic carbocycles. The summed E-state index contributed by atoms with van der Waals surface area (Å²) in [7, 11) is 1.98. The van der Waals surface area contributed by atoms with Crippen molar-refractivity contribution in [2.24, 2.45) is 0 Å². The molecule has 0 fully saturated rings. The average molecular weight is 202 g/mol. The van der Waals surface area contributed by atoms with E-state index in [-0.39, 0.29) is 0 Å². The predicted octanol–water partition coefficient (Wildman–Crippen LogP) is 2.69. The van der Waals surface area contributed by atoms with Gasteiger partial charge in [-0.15, -0.1) is 0 Å². The Hall–Kier alpha value is -1.28. The summed E-state index contributed by atoms with van der Waals surface area (Å²) in [5.41, 5.74) is 4.03. The number of fused-ring (bicyclic) bond motifs is 1. The molecule has 1 aromatic heterocycles. The molecule has 0 atom stereocenters. The Kier molecular flexibility index (Phi) is 2.78. The summed E-state index contributed by atoms with van der Waals surface area (Å²) >= 11 is 0. The Labute approximate surface area is 90.9 Å². The van der Waals surface area contributed by atoms with E-state index in [2.05, 4.69) is 48.0 Å². The quantitative estimate of drug-likeness (QED) is 0.809.